The van der Waals surface area contributed by atoms with Gasteiger partial charge in [-0.2, -0.15) is 33.7 Å². The fraction of sp³-hybridized carbons (Fsp3) is 0.875. The van der Waals surface area contributed by atoms with E-state index in [4.69, 9.17) is 33.5 Å². The van der Waals surface area contributed by atoms with Gasteiger partial charge in [0, 0.05) is 0 Å². The van der Waals surface area contributed by atoms with Crippen LogP contribution in [-0.2, 0) is 50.0 Å². The van der Waals surface area contributed by atoms with E-state index in [1.807, 2.05) is 0 Å². The van der Waals surface area contributed by atoms with Crippen molar-refractivity contribution in [2.45, 2.75) is 8.66 Å². The van der Waals surface area contributed by atoms with E-state index in [9.17, 15) is 38.5 Å². The number of ether oxygens (including phenoxy) is 1. The van der Waals surface area contributed by atoms with Gasteiger partial charge in [0.05, 0.1) is 25.2 Å². The molecule has 0 atom stereocenters. The predicted molar refractivity (Wildman–Crippen MR) is 87.4 cm³/mol. The summed E-state index contributed by atoms with van der Waals surface area (Å²) in [4.78, 5) is 12.2. The Bertz CT molecular complexity index is 956. The highest BCUT2D eigenvalue weighted by Gasteiger charge is 2.76. The average molecular weight is 512 g/mol. The fourth-order valence-electron chi connectivity index (χ4n) is 1.84. The third kappa shape index (κ3) is 5.38. The quantitative estimate of drug-likeness (QED) is 0.101. The Morgan fingerprint density at radius 3 is 1.24 bits per heavy atom. The molecule has 0 fully saturated rings. The zero-order valence-electron chi connectivity index (χ0n) is 13.8. The summed E-state index contributed by atoms with van der Waals surface area (Å²) in [7, 11) is -27.1. The van der Waals surface area contributed by atoms with Gasteiger partial charge in [-0.15, -0.1) is 0 Å². The molecule has 0 saturated carbocycles. The van der Waals surface area contributed by atoms with Crippen molar-refractivity contribution in [3.05, 3.63) is 0 Å². The highest BCUT2D eigenvalue weighted by atomic mass is 32.3. The number of carbonyl (C=O) groups excluding carboxylic acids is 1. The molecule has 0 heterocycles. The minimum absolute atomic E-state index is 1.22. The van der Waals surface area contributed by atoms with Crippen LogP contribution in [-0.4, -0.2) is 108 Å². The Morgan fingerprint density at radius 1 is 0.724 bits per heavy atom. The summed E-state index contributed by atoms with van der Waals surface area (Å²) < 4.78 is 122. The van der Waals surface area contributed by atoms with Crippen LogP contribution in [0.5, 0.6) is 0 Å². The number of esters is 1. The summed E-state index contributed by atoms with van der Waals surface area (Å²) in [5, 5.41) is 27.2. The lowest BCUT2D eigenvalue weighted by atomic mass is 9.93. The summed E-state index contributed by atoms with van der Waals surface area (Å²) >= 11 is 0. The Balaban J connectivity index is 7.16. The van der Waals surface area contributed by atoms with Crippen molar-refractivity contribution in [3.63, 3.8) is 0 Å². The molecule has 0 radical (unpaired) electrons. The third-order valence-corrected chi connectivity index (χ3v) is 10.9. The third-order valence-electron chi connectivity index (χ3n) is 3.42. The van der Waals surface area contributed by atoms with E-state index in [2.05, 4.69) is 4.74 Å². The predicted octanol–water partition coefficient (Wildman–Crippen LogP) is -4.93. The van der Waals surface area contributed by atoms with E-state index >= 15 is 0 Å². The van der Waals surface area contributed by atoms with E-state index in [1.54, 1.807) is 0 Å². The van der Waals surface area contributed by atoms with Crippen molar-refractivity contribution in [3.8, 4) is 0 Å². The molecule has 0 aromatic carbocycles. The number of hydrogen-bond donors (Lipinski definition) is 7. The van der Waals surface area contributed by atoms with Crippen molar-refractivity contribution in [1.29, 1.82) is 0 Å². The largest absolute Gasteiger partial charge is 0.463 e. The molecule has 0 aliphatic rings. The molecule has 0 bridgehead atoms. The van der Waals surface area contributed by atoms with Gasteiger partial charge in [0.1, 0.15) is 6.61 Å². The molecule has 29 heavy (non-hydrogen) atoms. The molecule has 0 unspecified atom stereocenters. The van der Waals surface area contributed by atoms with Gasteiger partial charge in [-0.25, -0.2) is 4.79 Å². The maximum atomic E-state index is 12.2. The monoisotopic (exact) mass is 512 g/mol. The van der Waals surface area contributed by atoms with Crippen molar-refractivity contribution in [2.75, 3.05) is 26.4 Å². The highest BCUT2D eigenvalue weighted by Crippen LogP contribution is 2.36. The molecule has 0 amide bonds. The Morgan fingerprint density at radius 2 is 1.03 bits per heavy atom. The molecule has 0 aromatic rings. The van der Waals surface area contributed by atoms with Crippen molar-refractivity contribution >= 4 is 46.4 Å². The summed E-state index contributed by atoms with van der Waals surface area (Å²) in [6.45, 7) is -5.21. The summed E-state index contributed by atoms with van der Waals surface area (Å²) in [6.07, 6.45) is 0. The Labute approximate surface area is 163 Å². The van der Waals surface area contributed by atoms with E-state index in [0.29, 0.717) is 0 Å². The molecular weight excluding hydrogens is 496 g/mol. The average Bonchev–Trinajstić information content (AvgIpc) is 2.49. The van der Waals surface area contributed by atoms with Crippen LogP contribution in [0.25, 0.3) is 0 Å². The lowest BCUT2D eigenvalue weighted by Crippen LogP contribution is -2.66. The second kappa shape index (κ2) is 8.62. The van der Waals surface area contributed by atoms with Crippen LogP contribution in [0.3, 0.4) is 0 Å². The van der Waals surface area contributed by atoms with Crippen LogP contribution in [0.2, 0.25) is 0 Å². The molecule has 0 spiro atoms. The molecule has 0 aliphatic carbocycles. The second-order valence-electron chi connectivity index (χ2n) is 5.53. The number of carbonyl (C=O) groups is 1. The first-order valence-corrected chi connectivity index (χ1v) is 12.4. The van der Waals surface area contributed by atoms with Crippen molar-refractivity contribution in [2.24, 2.45) is 5.41 Å². The van der Waals surface area contributed by atoms with Crippen molar-refractivity contribution in [1.82, 2.24) is 0 Å². The molecule has 17 nitrogen and oxygen atoms in total. The van der Waals surface area contributed by atoms with Gasteiger partial charge in [-0.05, 0) is 0 Å². The zero-order valence-corrected chi connectivity index (χ0v) is 17.0. The standard InChI is InChI=1S/C8H16O17S4/c9-1-7(2-10,3-11)4-25-5(12)8(28(19,20)21,29(22,23)24)6(26(13,14)15)27(16,17)18/h6,9-11H,1-4H2,(H,13,14,15)(H,16,17,18)(H,19,20,21)(H,22,23,24). The Hall–Kier alpha value is -1.01. The minimum Gasteiger partial charge on any atom is -0.463 e. The number of aliphatic hydroxyl groups is 3. The van der Waals surface area contributed by atoms with Gasteiger partial charge in [0.15, 0.2) is 0 Å². The summed E-state index contributed by atoms with van der Waals surface area (Å²) in [6, 6.07) is 0. The van der Waals surface area contributed by atoms with E-state index < -0.39 is 86.9 Å². The van der Waals surface area contributed by atoms with Gasteiger partial charge >= 0.3 is 30.3 Å². The van der Waals surface area contributed by atoms with Crippen LogP contribution in [0, 0.1) is 5.41 Å². The normalized spacial score (nSPS) is 14.8. The van der Waals surface area contributed by atoms with Crippen LogP contribution in [0.15, 0.2) is 0 Å². The molecule has 0 rings (SSSR count). The number of aliphatic hydroxyl groups excluding tert-OH is 3. The SMILES string of the molecule is O=C(OCC(CO)(CO)CO)C(C(S(=O)(=O)O)S(=O)(=O)O)(S(=O)(=O)O)S(=O)(=O)O. The minimum atomic E-state index is -6.92. The molecule has 7 N–H and O–H groups in total. The first kappa shape index (κ1) is 28.0. The zero-order chi connectivity index (χ0) is 23.7. The van der Waals surface area contributed by atoms with Gasteiger partial charge in [0.25, 0.3) is 24.8 Å². The van der Waals surface area contributed by atoms with Crippen LogP contribution in [0.4, 0.5) is 0 Å². The molecule has 0 aromatic heterocycles. The van der Waals surface area contributed by atoms with Gasteiger partial charge in [-0.1, -0.05) is 0 Å². The number of hydrogen-bond acceptors (Lipinski definition) is 13. The maximum Gasteiger partial charge on any atom is 0.352 e. The Kier molecular flexibility index (Phi) is 8.32. The van der Waals surface area contributed by atoms with Gasteiger partial charge in [-0.3, -0.25) is 18.2 Å². The molecule has 174 valence electrons. The summed E-state index contributed by atoms with van der Waals surface area (Å²) in [5.41, 5.74) is -2.23. The second-order valence-corrected chi connectivity index (χ2v) is 12.3. The number of rotatable bonds is 11. The fourth-order valence-corrected chi connectivity index (χ4v) is 9.05. The van der Waals surface area contributed by atoms with Crippen LogP contribution in [0.1, 0.15) is 0 Å². The van der Waals surface area contributed by atoms with Crippen LogP contribution < -0.4 is 0 Å². The van der Waals surface area contributed by atoms with E-state index in [-0.39, 0.29) is 0 Å². The molecule has 0 aliphatic heterocycles. The first-order chi connectivity index (χ1) is 12.7. The van der Waals surface area contributed by atoms with Gasteiger partial charge < -0.3 is 20.1 Å². The topological polar surface area (TPSA) is 304 Å². The van der Waals surface area contributed by atoms with E-state index in [1.165, 1.54) is 0 Å². The highest BCUT2D eigenvalue weighted by molar-refractivity contribution is 8.12. The molecule has 0 saturated heterocycles. The molecular formula is C8H16O17S4. The summed E-state index contributed by atoms with van der Waals surface area (Å²) in [5.74, 6) is -3.09. The first-order valence-electron chi connectivity index (χ1n) is 6.54. The van der Waals surface area contributed by atoms with E-state index in [0.717, 1.165) is 0 Å². The maximum absolute atomic E-state index is 12.2. The van der Waals surface area contributed by atoms with Crippen molar-refractivity contribution < 1.29 is 76.7 Å². The molecule has 21 heteroatoms. The lowest BCUT2D eigenvalue weighted by molar-refractivity contribution is -0.152. The smallest absolute Gasteiger partial charge is 0.352 e. The van der Waals surface area contributed by atoms with Gasteiger partial charge in [0.2, 0.25) is 0 Å². The van der Waals surface area contributed by atoms with Crippen LogP contribution >= 0.6 is 0 Å². The lowest BCUT2D eigenvalue weighted by Gasteiger charge is -2.31.